The number of hydrogen-bond donors (Lipinski definition) is 2. The zero-order valence-electron chi connectivity index (χ0n) is 12.2. The summed E-state index contributed by atoms with van der Waals surface area (Å²) in [6, 6.07) is 0.951. The summed E-state index contributed by atoms with van der Waals surface area (Å²) in [6.07, 6.45) is 1.91. The van der Waals surface area contributed by atoms with Gasteiger partial charge in [-0.1, -0.05) is 0 Å². The van der Waals surface area contributed by atoms with Crippen LogP contribution in [-0.4, -0.2) is 69.1 Å². The van der Waals surface area contributed by atoms with Crippen molar-refractivity contribution in [2.45, 2.75) is 19.0 Å². The highest BCUT2D eigenvalue weighted by molar-refractivity contribution is 5.81. The lowest BCUT2D eigenvalue weighted by atomic mass is 10.2. The van der Waals surface area contributed by atoms with E-state index in [4.69, 9.17) is 5.11 Å². The summed E-state index contributed by atoms with van der Waals surface area (Å²) in [6.45, 7) is 0.671. The number of hydrogen-bond acceptors (Lipinski definition) is 5. The van der Waals surface area contributed by atoms with Crippen LogP contribution in [0.3, 0.4) is 0 Å². The molecule has 9 nitrogen and oxygen atoms in total. The van der Waals surface area contributed by atoms with Gasteiger partial charge in [0.25, 0.3) is 5.56 Å². The highest BCUT2D eigenvalue weighted by Gasteiger charge is 2.30. The number of likely N-dealkylation sites (tertiary alicyclic amines) is 1. The molecule has 0 spiro atoms. The number of aromatic nitrogens is 2. The number of nitrogens with one attached hydrogen (secondary N) is 1. The first-order chi connectivity index (χ1) is 10.4. The van der Waals surface area contributed by atoms with Gasteiger partial charge in [0.15, 0.2) is 0 Å². The Hall–Kier alpha value is -2.42. The molecule has 1 aromatic heterocycles. The number of carboxylic acids is 1. The molecule has 1 aliphatic rings. The predicted molar refractivity (Wildman–Crippen MR) is 76.6 cm³/mol. The zero-order chi connectivity index (χ0) is 16.3. The Kier molecular flexibility index (Phi) is 4.76. The summed E-state index contributed by atoms with van der Waals surface area (Å²) in [4.78, 5) is 51.3. The molecule has 2 rings (SSSR count). The Morgan fingerprint density at radius 1 is 1.45 bits per heavy atom. The van der Waals surface area contributed by atoms with E-state index < -0.39 is 29.7 Å². The first-order valence-corrected chi connectivity index (χ1v) is 6.86. The quantitative estimate of drug-likeness (QED) is 0.660. The first kappa shape index (κ1) is 16.0. The molecule has 2 N–H and O–H groups in total. The lowest BCUT2D eigenvalue weighted by molar-refractivity contribution is -0.146. The first-order valence-electron chi connectivity index (χ1n) is 6.86. The molecule has 1 saturated heterocycles. The van der Waals surface area contributed by atoms with Crippen molar-refractivity contribution in [1.29, 1.82) is 0 Å². The van der Waals surface area contributed by atoms with Gasteiger partial charge in [0.05, 0.1) is 0 Å². The van der Waals surface area contributed by atoms with E-state index in [2.05, 4.69) is 4.98 Å². The van der Waals surface area contributed by atoms with Crippen molar-refractivity contribution < 1.29 is 14.7 Å². The number of amides is 1. The Labute approximate surface area is 125 Å². The van der Waals surface area contributed by atoms with Crippen LogP contribution < -0.4 is 11.2 Å². The van der Waals surface area contributed by atoms with Crippen molar-refractivity contribution in [2.75, 3.05) is 26.7 Å². The van der Waals surface area contributed by atoms with E-state index in [0.717, 1.165) is 17.2 Å². The highest BCUT2D eigenvalue weighted by atomic mass is 16.4. The standard InChI is InChI=1S/C13H18N4O5/c1-15-4-2-9(6-15)17(8-12(20)21)11(19)7-16-5-3-10(18)14-13(16)22/h3,5,9H,2,4,6-8H2,1H3,(H,20,21)(H,14,18,22)/t9-/m1/s1. The van der Waals surface area contributed by atoms with Crippen molar-refractivity contribution in [3.05, 3.63) is 33.1 Å². The fraction of sp³-hybridized carbons (Fsp3) is 0.538. The van der Waals surface area contributed by atoms with Crippen molar-refractivity contribution in [3.8, 4) is 0 Å². The van der Waals surface area contributed by atoms with Crippen LogP contribution >= 0.6 is 0 Å². The van der Waals surface area contributed by atoms with Gasteiger partial charge in [-0.05, 0) is 20.0 Å². The number of H-pyrrole nitrogens is 1. The maximum absolute atomic E-state index is 12.4. The van der Waals surface area contributed by atoms with Gasteiger partial charge in [0.2, 0.25) is 5.91 Å². The van der Waals surface area contributed by atoms with Gasteiger partial charge in [-0.15, -0.1) is 0 Å². The van der Waals surface area contributed by atoms with Crippen molar-refractivity contribution >= 4 is 11.9 Å². The second-order valence-electron chi connectivity index (χ2n) is 5.36. The van der Waals surface area contributed by atoms with Crippen molar-refractivity contribution in [1.82, 2.24) is 19.4 Å². The molecule has 0 radical (unpaired) electrons. The van der Waals surface area contributed by atoms with Crippen LogP contribution in [-0.2, 0) is 16.1 Å². The van der Waals surface area contributed by atoms with Crippen LogP contribution in [0.2, 0.25) is 0 Å². The third-order valence-corrected chi connectivity index (χ3v) is 3.64. The number of carbonyl (C=O) groups excluding carboxylic acids is 1. The largest absolute Gasteiger partial charge is 0.480 e. The number of aromatic amines is 1. The molecule has 9 heteroatoms. The van der Waals surface area contributed by atoms with E-state index in [1.165, 1.54) is 11.1 Å². The van der Waals surface area contributed by atoms with E-state index in [9.17, 15) is 19.2 Å². The zero-order valence-corrected chi connectivity index (χ0v) is 12.2. The van der Waals surface area contributed by atoms with Gasteiger partial charge < -0.3 is 14.9 Å². The van der Waals surface area contributed by atoms with Crippen LogP contribution in [0.5, 0.6) is 0 Å². The molecular formula is C13H18N4O5. The van der Waals surface area contributed by atoms with Gasteiger partial charge in [-0.2, -0.15) is 0 Å². The van der Waals surface area contributed by atoms with Crippen LogP contribution in [0.25, 0.3) is 0 Å². The third kappa shape index (κ3) is 3.82. The van der Waals surface area contributed by atoms with Gasteiger partial charge in [0, 0.05) is 24.8 Å². The van der Waals surface area contributed by atoms with E-state index in [0.29, 0.717) is 13.0 Å². The SMILES string of the molecule is CN1CC[C@@H](N(CC(=O)O)C(=O)Cn2ccc(=O)[nH]c2=O)C1. The Morgan fingerprint density at radius 2 is 2.18 bits per heavy atom. The second-order valence-corrected chi connectivity index (χ2v) is 5.36. The normalized spacial score (nSPS) is 18.3. The number of carboxylic acid groups (broad SMARTS) is 1. The van der Waals surface area contributed by atoms with Crippen LogP contribution in [0.1, 0.15) is 6.42 Å². The molecule has 1 amide bonds. The molecule has 0 unspecified atom stereocenters. The van der Waals surface area contributed by atoms with Gasteiger partial charge in [-0.25, -0.2) is 4.79 Å². The molecule has 1 fully saturated rings. The topological polar surface area (TPSA) is 116 Å². The number of rotatable bonds is 5. The average molecular weight is 310 g/mol. The predicted octanol–water partition coefficient (Wildman–Crippen LogP) is -1.85. The van der Waals surface area contributed by atoms with Crippen molar-refractivity contribution in [2.24, 2.45) is 0 Å². The van der Waals surface area contributed by atoms with Gasteiger partial charge in [0.1, 0.15) is 13.1 Å². The van der Waals surface area contributed by atoms with Crippen LogP contribution in [0.15, 0.2) is 21.9 Å². The summed E-state index contributed by atoms with van der Waals surface area (Å²) in [5.74, 6) is -1.56. The maximum atomic E-state index is 12.4. The maximum Gasteiger partial charge on any atom is 0.328 e. The second kappa shape index (κ2) is 6.56. The molecule has 2 heterocycles. The summed E-state index contributed by atoms with van der Waals surface area (Å²) in [7, 11) is 1.90. The Balaban J connectivity index is 2.16. The van der Waals surface area contributed by atoms with E-state index >= 15 is 0 Å². The molecule has 1 atom stereocenters. The van der Waals surface area contributed by atoms with Crippen LogP contribution in [0.4, 0.5) is 0 Å². The number of carbonyl (C=O) groups is 2. The molecule has 1 aliphatic heterocycles. The van der Waals surface area contributed by atoms with Gasteiger partial charge >= 0.3 is 11.7 Å². The summed E-state index contributed by atoms with van der Waals surface area (Å²) >= 11 is 0. The lowest BCUT2D eigenvalue weighted by Crippen LogP contribution is -2.47. The van der Waals surface area contributed by atoms with Crippen molar-refractivity contribution in [3.63, 3.8) is 0 Å². The number of aliphatic carboxylic acids is 1. The number of nitrogens with zero attached hydrogens (tertiary/aromatic N) is 3. The monoisotopic (exact) mass is 310 g/mol. The smallest absolute Gasteiger partial charge is 0.328 e. The Morgan fingerprint density at radius 3 is 2.73 bits per heavy atom. The number of likely N-dealkylation sites (N-methyl/N-ethyl adjacent to an activating group) is 1. The molecule has 0 aliphatic carbocycles. The van der Waals surface area contributed by atoms with E-state index in [1.807, 2.05) is 11.9 Å². The minimum Gasteiger partial charge on any atom is -0.480 e. The molecule has 22 heavy (non-hydrogen) atoms. The average Bonchev–Trinajstić information content (AvgIpc) is 2.85. The molecule has 0 bridgehead atoms. The van der Waals surface area contributed by atoms with E-state index in [-0.39, 0.29) is 12.6 Å². The fourth-order valence-electron chi connectivity index (χ4n) is 2.54. The van der Waals surface area contributed by atoms with Crippen LogP contribution in [0, 0.1) is 0 Å². The third-order valence-electron chi connectivity index (χ3n) is 3.64. The molecular weight excluding hydrogens is 292 g/mol. The molecule has 0 saturated carbocycles. The highest BCUT2D eigenvalue weighted by Crippen LogP contribution is 2.14. The molecule has 120 valence electrons. The fourth-order valence-corrected chi connectivity index (χ4v) is 2.54. The van der Waals surface area contributed by atoms with E-state index in [1.54, 1.807) is 0 Å². The summed E-state index contributed by atoms with van der Waals surface area (Å²) in [5.41, 5.74) is -1.24. The molecule has 0 aromatic carbocycles. The summed E-state index contributed by atoms with van der Waals surface area (Å²) in [5, 5.41) is 8.99. The summed E-state index contributed by atoms with van der Waals surface area (Å²) < 4.78 is 1.05. The Bertz CT molecular complexity index is 679. The minimum absolute atomic E-state index is 0.188. The lowest BCUT2D eigenvalue weighted by Gasteiger charge is -2.27. The molecule has 1 aromatic rings. The van der Waals surface area contributed by atoms with Gasteiger partial charge in [-0.3, -0.25) is 23.9 Å². The minimum atomic E-state index is -1.10.